The molecule has 8 nitrogen and oxygen atoms in total. The molecule has 0 unspecified atom stereocenters. The monoisotopic (exact) mass is 373 g/mol. The Labute approximate surface area is 154 Å². The minimum atomic E-state index is -0.402. The molecular formula is C17H19N5O3S. The predicted molar refractivity (Wildman–Crippen MR) is 98.0 cm³/mol. The third kappa shape index (κ3) is 3.83. The van der Waals surface area contributed by atoms with Crippen molar-refractivity contribution < 1.29 is 13.9 Å². The number of hydrogen-bond acceptors (Lipinski definition) is 7. The van der Waals surface area contributed by atoms with E-state index in [1.165, 1.54) is 22.7 Å². The Balaban J connectivity index is 1.61. The summed E-state index contributed by atoms with van der Waals surface area (Å²) in [7, 11) is 1.60. The van der Waals surface area contributed by atoms with Crippen LogP contribution in [-0.4, -0.2) is 33.1 Å². The number of carbonyl (C=O) groups excluding carboxylic acids is 1. The average molecular weight is 373 g/mol. The molecule has 2 aromatic heterocycles. The van der Waals surface area contributed by atoms with Crippen LogP contribution in [0.1, 0.15) is 12.5 Å². The molecule has 0 saturated carbocycles. The summed E-state index contributed by atoms with van der Waals surface area (Å²) in [6.07, 6.45) is 1.53. The maximum Gasteiger partial charge on any atom is 0.233 e. The van der Waals surface area contributed by atoms with Gasteiger partial charge in [0.15, 0.2) is 5.76 Å². The Bertz CT molecular complexity index is 878. The van der Waals surface area contributed by atoms with E-state index in [0.29, 0.717) is 23.3 Å². The van der Waals surface area contributed by atoms with Crippen LogP contribution in [0.2, 0.25) is 0 Å². The fourth-order valence-electron chi connectivity index (χ4n) is 2.32. The molecule has 3 rings (SSSR count). The first kappa shape index (κ1) is 17.9. The number of nitrogens with two attached hydrogens (primary N) is 1. The van der Waals surface area contributed by atoms with Gasteiger partial charge in [-0.2, -0.15) is 0 Å². The maximum absolute atomic E-state index is 12.4. The topological polar surface area (TPSA) is 108 Å². The molecule has 1 aromatic carbocycles. The van der Waals surface area contributed by atoms with Crippen LogP contribution in [0.15, 0.2) is 52.2 Å². The summed E-state index contributed by atoms with van der Waals surface area (Å²) < 4.78 is 11.9. The summed E-state index contributed by atoms with van der Waals surface area (Å²) in [5, 5.41) is 11.0. The number of furan rings is 1. The lowest BCUT2D eigenvalue weighted by Gasteiger charge is -2.13. The number of para-hydroxylation sites is 1. The van der Waals surface area contributed by atoms with E-state index < -0.39 is 5.25 Å². The highest BCUT2D eigenvalue weighted by atomic mass is 32.2. The molecular weight excluding hydrogens is 354 g/mol. The SMILES string of the molecule is COc1ccccc1CNC(=O)[C@@H](C)Sc1nnc(-c2ccco2)n1N. The number of thioether (sulfide) groups is 1. The Hall–Kier alpha value is -2.94. The number of hydrogen-bond donors (Lipinski definition) is 2. The molecule has 1 atom stereocenters. The molecule has 3 aromatic rings. The lowest BCUT2D eigenvalue weighted by atomic mass is 10.2. The second-order valence-corrected chi connectivity index (χ2v) is 6.75. The number of aromatic nitrogens is 3. The number of ether oxygens (including phenoxy) is 1. The molecule has 0 radical (unpaired) electrons. The van der Waals surface area contributed by atoms with Gasteiger partial charge < -0.3 is 20.3 Å². The summed E-state index contributed by atoms with van der Waals surface area (Å²) in [6, 6.07) is 11.0. The molecule has 0 saturated heterocycles. The molecule has 0 aliphatic rings. The number of nitrogens with zero attached hydrogens (tertiary/aromatic N) is 3. The van der Waals surface area contributed by atoms with E-state index in [1.54, 1.807) is 26.2 Å². The van der Waals surface area contributed by atoms with Gasteiger partial charge in [0.05, 0.1) is 18.6 Å². The molecule has 0 spiro atoms. The summed E-state index contributed by atoms with van der Waals surface area (Å²) in [4.78, 5) is 12.4. The second kappa shape index (κ2) is 7.96. The highest BCUT2D eigenvalue weighted by Gasteiger charge is 2.20. The largest absolute Gasteiger partial charge is 0.496 e. The van der Waals surface area contributed by atoms with Crippen LogP contribution >= 0.6 is 11.8 Å². The number of benzene rings is 1. The van der Waals surface area contributed by atoms with E-state index in [2.05, 4.69) is 15.5 Å². The van der Waals surface area contributed by atoms with Gasteiger partial charge >= 0.3 is 0 Å². The Morgan fingerprint density at radius 3 is 2.88 bits per heavy atom. The zero-order valence-corrected chi connectivity index (χ0v) is 15.2. The molecule has 0 fully saturated rings. The zero-order valence-electron chi connectivity index (χ0n) is 14.4. The van der Waals surface area contributed by atoms with Crippen molar-refractivity contribution in [1.29, 1.82) is 0 Å². The molecule has 26 heavy (non-hydrogen) atoms. The first-order valence-electron chi connectivity index (χ1n) is 7.90. The fourth-order valence-corrected chi connectivity index (χ4v) is 3.11. The second-order valence-electron chi connectivity index (χ2n) is 5.44. The predicted octanol–water partition coefficient (Wildman–Crippen LogP) is 2.06. The quantitative estimate of drug-likeness (QED) is 0.482. The van der Waals surface area contributed by atoms with E-state index in [9.17, 15) is 4.79 Å². The summed E-state index contributed by atoms with van der Waals surface area (Å²) in [5.41, 5.74) is 0.905. The molecule has 136 valence electrons. The van der Waals surface area contributed by atoms with Gasteiger partial charge in [-0.25, -0.2) is 4.68 Å². The number of nitrogen functional groups attached to an aromatic ring is 1. The van der Waals surface area contributed by atoms with Crippen LogP contribution in [0.4, 0.5) is 0 Å². The van der Waals surface area contributed by atoms with Crippen molar-refractivity contribution in [3.8, 4) is 17.3 Å². The normalized spacial score (nSPS) is 11.9. The van der Waals surface area contributed by atoms with Gasteiger partial charge in [-0.1, -0.05) is 30.0 Å². The van der Waals surface area contributed by atoms with Crippen molar-refractivity contribution >= 4 is 17.7 Å². The Kier molecular flexibility index (Phi) is 5.47. The van der Waals surface area contributed by atoms with Gasteiger partial charge in [0.25, 0.3) is 0 Å². The smallest absolute Gasteiger partial charge is 0.233 e. The first-order chi connectivity index (χ1) is 12.6. The number of amides is 1. The van der Waals surface area contributed by atoms with Crippen LogP contribution in [-0.2, 0) is 11.3 Å². The first-order valence-corrected chi connectivity index (χ1v) is 8.78. The lowest BCUT2D eigenvalue weighted by Crippen LogP contribution is -2.31. The Morgan fingerprint density at radius 2 is 2.15 bits per heavy atom. The average Bonchev–Trinajstić information content (AvgIpc) is 3.30. The van der Waals surface area contributed by atoms with Crippen molar-refractivity contribution in [2.24, 2.45) is 0 Å². The number of carbonyl (C=O) groups is 1. The molecule has 0 aliphatic carbocycles. The van der Waals surface area contributed by atoms with E-state index >= 15 is 0 Å². The van der Waals surface area contributed by atoms with E-state index in [-0.39, 0.29) is 5.91 Å². The van der Waals surface area contributed by atoms with Crippen LogP contribution in [0, 0.1) is 0 Å². The Morgan fingerprint density at radius 1 is 1.35 bits per heavy atom. The highest BCUT2D eigenvalue weighted by Crippen LogP contribution is 2.25. The summed E-state index contributed by atoms with van der Waals surface area (Å²) >= 11 is 1.22. The number of nitrogens with one attached hydrogen (secondary N) is 1. The minimum Gasteiger partial charge on any atom is -0.496 e. The van der Waals surface area contributed by atoms with E-state index in [4.69, 9.17) is 15.0 Å². The lowest BCUT2D eigenvalue weighted by molar-refractivity contribution is -0.120. The van der Waals surface area contributed by atoms with Crippen molar-refractivity contribution in [2.45, 2.75) is 23.9 Å². The van der Waals surface area contributed by atoms with E-state index in [0.717, 1.165) is 11.3 Å². The summed E-state index contributed by atoms with van der Waals surface area (Å²) in [5.74, 6) is 7.52. The molecule has 0 bridgehead atoms. The molecule has 0 aliphatic heterocycles. The summed E-state index contributed by atoms with van der Waals surface area (Å²) in [6.45, 7) is 2.16. The van der Waals surface area contributed by atoms with Gasteiger partial charge in [0.2, 0.25) is 16.9 Å². The van der Waals surface area contributed by atoms with Gasteiger partial charge in [-0.3, -0.25) is 4.79 Å². The zero-order chi connectivity index (χ0) is 18.5. The van der Waals surface area contributed by atoms with Crippen molar-refractivity contribution in [1.82, 2.24) is 20.2 Å². The fraction of sp³-hybridized carbons (Fsp3) is 0.235. The van der Waals surface area contributed by atoms with Gasteiger partial charge in [0, 0.05) is 12.1 Å². The van der Waals surface area contributed by atoms with Crippen molar-refractivity contribution in [3.63, 3.8) is 0 Å². The van der Waals surface area contributed by atoms with E-state index in [1.807, 2.05) is 24.3 Å². The van der Waals surface area contributed by atoms with Gasteiger partial charge in [0.1, 0.15) is 5.75 Å². The van der Waals surface area contributed by atoms with Crippen molar-refractivity contribution in [2.75, 3.05) is 13.0 Å². The van der Waals surface area contributed by atoms with Crippen LogP contribution < -0.4 is 15.9 Å². The maximum atomic E-state index is 12.4. The number of methoxy groups -OCH3 is 1. The highest BCUT2D eigenvalue weighted by molar-refractivity contribution is 8.00. The standard InChI is InChI=1S/C17H19N5O3S/c1-11(16(23)19-10-12-6-3-4-7-13(12)24-2)26-17-21-20-15(22(17)18)14-8-5-9-25-14/h3-9,11H,10,18H2,1-2H3,(H,19,23)/t11-/m1/s1. The molecule has 1 amide bonds. The third-order valence-electron chi connectivity index (χ3n) is 3.70. The van der Waals surface area contributed by atoms with Gasteiger partial charge in [-0.15, -0.1) is 10.2 Å². The van der Waals surface area contributed by atoms with Gasteiger partial charge in [-0.05, 0) is 25.1 Å². The van der Waals surface area contributed by atoms with Crippen LogP contribution in [0.5, 0.6) is 5.75 Å². The molecule has 9 heteroatoms. The third-order valence-corrected chi connectivity index (χ3v) is 4.76. The van der Waals surface area contributed by atoms with Crippen LogP contribution in [0.25, 0.3) is 11.6 Å². The number of rotatable bonds is 7. The minimum absolute atomic E-state index is 0.136. The van der Waals surface area contributed by atoms with Crippen LogP contribution in [0.3, 0.4) is 0 Å². The molecule has 2 heterocycles. The molecule has 3 N–H and O–H groups in total. The van der Waals surface area contributed by atoms with Crippen molar-refractivity contribution in [3.05, 3.63) is 48.2 Å².